The van der Waals surface area contributed by atoms with Crippen molar-refractivity contribution in [1.29, 1.82) is 0 Å². The summed E-state index contributed by atoms with van der Waals surface area (Å²) in [6, 6.07) is -0.452. The van der Waals surface area contributed by atoms with E-state index in [1.165, 1.54) is 16.0 Å². The normalized spacial score (nSPS) is 35.2. The van der Waals surface area contributed by atoms with Crippen molar-refractivity contribution >= 4 is 12.2 Å². The second kappa shape index (κ2) is 4.15. The number of amides is 2. The van der Waals surface area contributed by atoms with E-state index in [2.05, 4.69) is 0 Å². The zero-order chi connectivity index (χ0) is 13.6. The van der Waals surface area contributed by atoms with Crippen LogP contribution in [0.2, 0.25) is 0 Å². The fraction of sp³-hybridized carbons (Fsp3) is 0.385. The molecule has 6 heteroatoms. The summed E-state index contributed by atoms with van der Waals surface area (Å²) in [5.41, 5.74) is 0. The Hall–Kier alpha value is -2.24. The van der Waals surface area contributed by atoms with Crippen LogP contribution < -0.4 is 0 Å². The van der Waals surface area contributed by atoms with Crippen LogP contribution in [0.15, 0.2) is 36.6 Å². The Morgan fingerprint density at radius 2 is 1.74 bits per heavy atom. The minimum absolute atomic E-state index is 0.0246. The van der Waals surface area contributed by atoms with Crippen molar-refractivity contribution < 1.29 is 19.8 Å². The van der Waals surface area contributed by atoms with Crippen LogP contribution in [0.4, 0.5) is 9.59 Å². The van der Waals surface area contributed by atoms with Crippen molar-refractivity contribution in [3.63, 3.8) is 0 Å². The topological polar surface area (TPSA) is 81.1 Å². The molecular weight excluding hydrogens is 248 g/mol. The Bertz CT molecular complexity index is 511. The molecule has 1 saturated heterocycles. The van der Waals surface area contributed by atoms with Gasteiger partial charge in [-0.15, -0.1) is 0 Å². The standard InChI is InChI=1S/C13H14N2O4/c16-12(17)14-6-5-11-9(7-14)8-3-1-2-4-10(8)15(11)13(18)19/h1-6,8-11H,7H2,(H,16,17)(H,18,19). The van der Waals surface area contributed by atoms with E-state index in [9.17, 15) is 14.7 Å². The monoisotopic (exact) mass is 262 g/mol. The van der Waals surface area contributed by atoms with Crippen LogP contribution in [-0.4, -0.2) is 50.8 Å². The first-order chi connectivity index (χ1) is 9.09. The van der Waals surface area contributed by atoms with E-state index in [0.717, 1.165) is 0 Å². The van der Waals surface area contributed by atoms with Crippen molar-refractivity contribution in [3.05, 3.63) is 36.6 Å². The van der Waals surface area contributed by atoms with Gasteiger partial charge in [-0.3, -0.25) is 9.80 Å². The van der Waals surface area contributed by atoms with Gasteiger partial charge in [-0.05, 0) is 6.08 Å². The number of nitrogens with zero attached hydrogens (tertiary/aromatic N) is 2. The predicted molar refractivity (Wildman–Crippen MR) is 66.6 cm³/mol. The number of carbonyl (C=O) groups is 2. The van der Waals surface area contributed by atoms with Gasteiger partial charge in [0, 0.05) is 24.6 Å². The van der Waals surface area contributed by atoms with E-state index in [1.807, 2.05) is 24.3 Å². The van der Waals surface area contributed by atoms with E-state index in [4.69, 9.17) is 5.11 Å². The van der Waals surface area contributed by atoms with E-state index in [1.54, 1.807) is 6.08 Å². The van der Waals surface area contributed by atoms with Crippen molar-refractivity contribution in [2.45, 2.75) is 12.1 Å². The Labute approximate surface area is 109 Å². The third kappa shape index (κ3) is 1.71. The Morgan fingerprint density at radius 3 is 2.42 bits per heavy atom. The van der Waals surface area contributed by atoms with Gasteiger partial charge in [0.1, 0.15) is 0 Å². The second-order valence-electron chi connectivity index (χ2n) is 4.96. The second-order valence-corrected chi connectivity index (χ2v) is 4.96. The number of rotatable bonds is 0. The number of fused-ring (bicyclic) bond motifs is 3. The molecule has 0 aromatic heterocycles. The molecule has 6 nitrogen and oxygen atoms in total. The molecule has 3 aliphatic rings. The molecule has 100 valence electrons. The first-order valence-corrected chi connectivity index (χ1v) is 6.14. The summed E-state index contributed by atoms with van der Waals surface area (Å²) in [4.78, 5) is 25.1. The Morgan fingerprint density at radius 1 is 1.00 bits per heavy atom. The number of carboxylic acid groups (broad SMARTS) is 2. The maximum absolute atomic E-state index is 11.4. The average molecular weight is 262 g/mol. The maximum Gasteiger partial charge on any atom is 0.411 e. The molecule has 0 bridgehead atoms. The molecule has 0 aromatic carbocycles. The summed E-state index contributed by atoms with van der Waals surface area (Å²) >= 11 is 0. The molecule has 2 aliphatic heterocycles. The van der Waals surface area contributed by atoms with E-state index >= 15 is 0 Å². The van der Waals surface area contributed by atoms with E-state index in [-0.39, 0.29) is 23.9 Å². The smallest absolute Gasteiger partial charge is 0.411 e. The van der Waals surface area contributed by atoms with Crippen molar-refractivity contribution in [2.75, 3.05) is 6.54 Å². The summed E-state index contributed by atoms with van der Waals surface area (Å²) in [6.45, 7) is 0.333. The van der Waals surface area contributed by atoms with E-state index < -0.39 is 12.2 Å². The Kier molecular flexibility index (Phi) is 2.58. The van der Waals surface area contributed by atoms with Crippen LogP contribution in [0.25, 0.3) is 0 Å². The molecule has 4 atom stereocenters. The fourth-order valence-electron chi connectivity index (χ4n) is 3.26. The fourth-order valence-corrected chi connectivity index (χ4v) is 3.26. The summed E-state index contributed by atoms with van der Waals surface area (Å²) in [5.74, 6) is 0.0151. The summed E-state index contributed by atoms with van der Waals surface area (Å²) in [7, 11) is 0. The number of hydrogen-bond acceptors (Lipinski definition) is 2. The number of hydrogen-bond donors (Lipinski definition) is 2. The molecule has 2 amide bonds. The molecule has 0 aromatic rings. The van der Waals surface area contributed by atoms with Gasteiger partial charge in [-0.25, -0.2) is 9.59 Å². The van der Waals surface area contributed by atoms with Crippen LogP contribution in [-0.2, 0) is 0 Å². The van der Waals surface area contributed by atoms with Gasteiger partial charge in [0.05, 0.1) is 12.1 Å². The molecule has 0 radical (unpaired) electrons. The largest absolute Gasteiger partial charge is 0.465 e. The molecule has 3 rings (SSSR count). The zero-order valence-corrected chi connectivity index (χ0v) is 10.1. The van der Waals surface area contributed by atoms with Gasteiger partial charge in [0.25, 0.3) is 0 Å². The summed E-state index contributed by atoms with van der Waals surface area (Å²) in [5, 5.41) is 18.4. The molecule has 0 spiro atoms. The zero-order valence-electron chi connectivity index (χ0n) is 10.1. The van der Waals surface area contributed by atoms with Crippen LogP contribution in [0.1, 0.15) is 0 Å². The highest BCUT2D eigenvalue weighted by Gasteiger charge is 2.50. The van der Waals surface area contributed by atoms with Crippen LogP contribution in [0.3, 0.4) is 0 Å². The lowest BCUT2D eigenvalue weighted by Gasteiger charge is -2.31. The minimum atomic E-state index is -1.00. The van der Waals surface area contributed by atoms with E-state index in [0.29, 0.717) is 6.54 Å². The SMILES string of the molecule is O=C(O)N1C=CC2C(C1)C1C=CC=CC1N2C(=O)O. The molecular formula is C13H14N2O4. The summed E-state index contributed by atoms with van der Waals surface area (Å²) < 4.78 is 0. The molecule has 0 saturated carbocycles. The third-order valence-electron chi connectivity index (χ3n) is 4.06. The number of allylic oxidation sites excluding steroid dienone is 2. The highest BCUT2D eigenvalue weighted by molar-refractivity contribution is 5.69. The molecule has 19 heavy (non-hydrogen) atoms. The lowest BCUT2D eigenvalue weighted by Crippen LogP contribution is -2.44. The van der Waals surface area contributed by atoms with Crippen molar-refractivity contribution in [3.8, 4) is 0 Å². The lowest BCUT2D eigenvalue weighted by atomic mass is 9.83. The highest BCUT2D eigenvalue weighted by Crippen LogP contribution is 2.41. The number of likely N-dealkylation sites (tertiary alicyclic amines) is 1. The lowest BCUT2D eigenvalue weighted by molar-refractivity contribution is 0.126. The van der Waals surface area contributed by atoms with Crippen LogP contribution >= 0.6 is 0 Å². The average Bonchev–Trinajstić information content (AvgIpc) is 2.72. The van der Waals surface area contributed by atoms with Gasteiger partial charge in [0.2, 0.25) is 0 Å². The maximum atomic E-state index is 11.4. The van der Waals surface area contributed by atoms with Gasteiger partial charge in [0.15, 0.2) is 0 Å². The highest BCUT2D eigenvalue weighted by atomic mass is 16.4. The third-order valence-corrected chi connectivity index (χ3v) is 4.06. The van der Waals surface area contributed by atoms with Crippen molar-refractivity contribution in [2.24, 2.45) is 11.8 Å². The molecule has 1 aliphatic carbocycles. The molecule has 2 N–H and O–H groups in total. The predicted octanol–water partition coefficient (Wildman–Crippen LogP) is 1.58. The van der Waals surface area contributed by atoms with Crippen molar-refractivity contribution in [1.82, 2.24) is 9.80 Å². The Balaban J connectivity index is 1.96. The molecule has 4 unspecified atom stereocenters. The quantitative estimate of drug-likeness (QED) is 0.694. The molecule has 1 fully saturated rings. The first kappa shape index (κ1) is 11.8. The summed E-state index contributed by atoms with van der Waals surface area (Å²) in [6.07, 6.45) is 8.76. The van der Waals surface area contributed by atoms with Gasteiger partial charge >= 0.3 is 12.2 Å². The van der Waals surface area contributed by atoms with Crippen LogP contribution in [0, 0.1) is 11.8 Å². The van der Waals surface area contributed by atoms with Gasteiger partial charge < -0.3 is 10.2 Å². The van der Waals surface area contributed by atoms with Gasteiger partial charge in [-0.2, -0.15) is 0 Å². The molecule has 2 heterocycles. The van der Waals surface area contributed by atoms with Crippen LogP contribution in [0.5, 0.6) is 0 Å². The first-order valence-electron chi connectivity index (χ1n) is 6.14. The minimum Gasteiger partial charge on any atom is -0.465 e. The van der Waals surface area contributed by atoms with Gasteiger partial charge in [-0.1, -0.05) is 24.3 Å².